The van der Waals surface area contributed by atoms with Crippen molar-refractivity contribution in [3.05, 3.63) is 29.8 Å². The second kappa shape index (κ2) is 7.06. The molecule has 0 atom stereocenters. The fourth-order valence-electron chi connectivity index (χ4n) is 2.49. The number of amides is 3. The Morgan fingerprint density at radius 1 is 1.05 bits per heavy atom. The predicted molar refractivity (Wildman–Crippen MR) is 75.7 cm³/mol. The Morgan fingerprint density at radius 3 is 2.18 bits per heavy atom. The third-order valence-corrected chi connectivity index (χ3v) is 3.57. The Balaban J connectivity index is 1.79. The third-order valence-electron chi connectivity index (χ3n) is 3.57. The maximum absolute atomic E-state index is 13.4. The van der Waals surface area contributed by atoms with Crippen molar-refractivity contribution in [2.24, 2.45) is 0 Å². The Kier molecular flexibility index (Phi) is 5.13. The first-order valence-corrected chi connectivity index (χ1v) is 6.96. The lowest BCUT2D eigenvalue weighted by molar-refractivity contribution is 0.183. The first-order valence-electron chi connectivity index (χ1n) is 6.96. The molecule has 1 fully saturated rings. The Labute approximate surface area is 125 Å². The molecule has 1 saturated carbocycles. The molecule has 0 unspecified atom stereocenters. The molecule has 3 amide bonds. The van der Waals surface area contributed by atoms with Crippen molar-refractivity contribution in [2.45, 2.75) is 37.8 Å². The topological polar surface area (TPSA) is 90.5 Å². The summed E-state index contributed by atoms with van der Waals surface area (Å²) in [4.78, 5) is 22.3. The molecule has 0 heterocycles. The summed E-state index contributed by atoms with van der Waals surface area (Å²) in [6.07, 6.45) is 1.46. The molecule has 0 aromatic heterocycles. The Hall–Kier alpha value is -2.38. The molecule has 1 aliphatic carbocycles. The number of carbonyl (C=O) groups excluding carboxylic acids is 1. The molecule has 0 radical (unpaired) electrons. The second-order valence-electron chi connectivity index (χ2n) is 5.22. The van der Waals surface area contributed by atoms with E-state index >= 15 is 0 Å². The number of benzene rings is 1. The number of anilines is 1. The molecular formula is C14H17F2N3O3. The van der Waals surface area contributed by atoms with Crippen LogP contribution in [-0.2, 0) is 0 Å². The van der Waals surface area contributed by atoms with E-state index in [0.717, 1.165) is 12.1 Å². The smallest absolute Gasteiger partial charge is 0.404 e. The van der Waals surface area contributed by atoms with E-state index in [1.54, 1.807) is 0 Å². The molecule has 0 bridgehead atoms. The van der Waals surface area contributed by atoms with Crippen LogP contribution in [0.25, 0.3) is 0 Å². The number of nitrogens with one attached hydrogen (secondary N) is 3. The number of carbonyl (C=O) groups is 2. The largest absolute Gasteiger partial charge is 0.465 e. The number of urea groups is 1. The Morgan fingerprint density at radius 2 is 1.64 bits per heavy atom. The van der Waals surface area contributed by atoms with Crippen LogP contribution < -0.4 is 16.0 Å². The molecule has 2 rings (SSSR count). The van der Waals surface area contributed by atoms with Crippen molar-refractivity contribution >= 4 is 17.8 Å². The zero-order valence-corrected chi connectivity index (χ0v) is 11.7. The lowest BCUT2D eigenvalue weighted by Crippen LogP contribution is -2.44. The summed E-state index contributed by atoms with van der Waals surface area (Å²) in [7, 11) is 0. The molecule has 0 aliphatic heterocycles. The summed E-state index contributed by atoms with van der Waals surface area (Å²) < 4.78 is 26.2. The van der Waals surface area contributed by atoms with Gasteiger partial charge in [-0.1, -0.05) is 0 Å². The molecule has 120 valence electrons. The van der Waals surface area contributed by atoms with Gasteiger partial charge in [-0.05, 0) is 37.8 Å². The summed E-state index contributed by atoms with van der Waals surface area (Å²) in [5, 5.41) is 16.1. The van der Waals surface area contributed by atoms with Gasteiger partial charge in [0, 0.05) is 18.2 Å². The minimum absolute atomic E-state index is 0.0971. The molecule has 22 heavy (non-hydrogen) atoms. The zero-order chi connectivity index (χ0) is 16.1. The molecule has 0 spiro atoms. The highest BCUT2D eigenvalue weighted by Gasteiger charge is 2.23. The maximum atomic E-state index is 13.4. The summed E-state index contributed by atoms with van der Waals surface area (Å²) in [5.74, 6) is -1.56. The zero-order valence-electron chi connectivity index (χ0n) is 11.7. The number of carboxylic acid groups (broad SMARTS) is 1. The summed E-state index contributed by atoms with van der Waals surface area (Å²) in [6.45, 7) is 0. The van der Waals surface area contributed by atoms with Gasteiger partial charge in [0.05, 0.1) is 5.69 Å². The predicted octanol–water partition coefficient (Wildman–Crippen LogP) is 2.67. The lowest BCUT2D eigenvalue weighted by Gasteiger charge is -2.28. The second-order valence-corrected chi connectivity index (χ2v) is 5.22. The van der Waals surface area contributed by atoms with Gasteiger partial charge in [0.1, 0.15) is 11.6 Å². The minimum Gasteiger partial charge on any atom is -0.465 e. The van der Waals surface area contributed by atoms with Crippen LogP contribution in [0.15, 0.2) is 18.2 Å². The van der Waals surface area contributed by atoms with Gasteiger partial charge >= 0.3 is 12.1 Å². The minimum atomic E-state index is -1.05. The molecule has 1 aromatic carbocycles. The Bertz CT molecular complexity index is 560. The van der Waals surface area contributed by atoms with Gasteiger partial charge in [-0.2, -0.15) is 0 Å². The lowest BCUT2D eigenvalue weighted by atomic mass is 9.91. The van der Waals surface area contributed by atoms with Crippen molar-refractivity contribution in [1.82, 2.24) is 10.6 Å². The van der Waals surface area contributed by atoms with E-state index in [0.29, 0.717) is 31.7 Å². The summed E-state index contributed by atoms with van der Waals surface area (Å²) >= 11 is 0. The highest BCUT2D eigenvalue weighted by molar-refractivity contribution is 5.89. The van der Waals surface area contributed by atoms with Gasteiger partial charge in [-0.15, -0.1) is 0 Å². The molecular weight excluding hydrogens is 296 g/mol. The first-order chi connectivity index (χ1) is 10.4. The van der Waals surface area contributed by atoms with Crippen LogP contribution in [0, 0.1) is 11.6 Å². The molecule has 1 aliphatic rings. The number of rotatable bonds is 3. The molecule has 1 aromatic rings. The molecule has 4 N–H and O–H groups in total. The SMILES string of the molecule is O=C(O)N[C@H]1CC[C@H](NC(=O)Nc2ccc(F)cc2F)CC1. The van der Waals surface area contributed by atoms with Gasteiger partial charge in [0.2, 0.25) is 0 Å². The van der Waals surface area contributed by atoms with E-state index in [1.807, 2.05) is 0 Å². The third kappa shape index (κ3) is 4.57. The van der Waals surface area contributed by atoms with Crippen molar-refractivity contribution < 1.29 is 23.5 Å². The van der Waals surface area contributed by atoms with E-state index in [9.17, 15) is 18.4 Å². The van der Waals surface area contributed by atoms with Crippen LogP contribution in [-0.4, -0.2) is 29.3 Å². The van der Waals surface area contributed by atoms with Crippen molar-refractivity contribution in [3.63, 3.8) is 0 Å². The quantitative estimate of drug-likeness (QED) is 0.691. The van der Waals surface area contributed by atoms with Crippen molar-refractivity contribution in [2.75, 3.05) is 5.32 Å². The van der Waals surface area contributed by atoms with Gasteiger partial charge in [0.25, 0.3) is 0 Å². The van der Waals surface area contributed by atoms with E-state index < -0.39 is 23.8 Å². The summed E-state index contributed by atoms with van der Waals surface area (Å²) in [6, 6.07) is 2.13. The van der Waals surface area contributed by atoms with Gasteiger partial charge in [-0.25, -0.2) is 18.4 Å². The van der Waals surface area contributed by atoms with Crippen LogP contribution in [0.4, 0.5) is 24.1 Å². The number of hydrogen-bond donors (Lipinski definition) is 4. The van der Waals surface area contributed by atoms with Crippen LogP contribution >= 0.6 is 0 Å². The maximum Gasteiger partial charge on any atom is 0.404 e. The number of halogens is 2. The first kappa shape index (κ1) is 16.0. The standard InChI is InChI=1S/C14H17F2N3O3/c15-8-1-6-12(11(16)7-8)19-13(20)17-9-2-4-10(5-3-9)18-14(21)22/h1,6-7,9-10,18H,2-5H2,(H,21,22)(H2,17,19,20)/t9-,10-. The highest BCUT2D eigenvalue weighted by atomic mass is 19.1. The normalized spacial score (nSPS) is 21.0. The van der Waals surface area contributed by atoms with E-state index in [1.165, 1.54) is 0 Å². The van der Waals surface area contributed by atoms with Crippen molar-refractivity contribution in [3.8, 4) is 0 Å². The summed E-state index contributed by atoms with van der Waals surface area (Å²) in [5.41, 5.74) is -0.0971. The monoisotopic (exact) mass is 313 g/mol. The van der Waals surface area contributed by atoms with Gasteiger partial charge in [-0.3, -0.25) is 0 Å². The fraction of sp³-hybridized carbons (Fsp3) is 0.429. The van der Waals surface area contributed by atoms with Crippen LogP contribution in [0.2, 0.25) is 0 Å². The van der Waals surface area contributed by atoms with Crippen molar-refractivity contribution in [1.29, 1.82) is 0 Å². The van der Waals surface area contributed by atoms with E-state index in [-0.39, 0.29) is 17.8 Å². The molecule has 6 nitrogen and oxygen atoms in total. The van der Waals surface area contributed by atoms with Crippen LogP contribution in [0.1, 0.15) is 25.7 Å². The van der Waals surface area contributed by atoms with Gasteiger partial charge in [0.15, 0.2) is 0 Å². The molecule has 0 saturated heterocycles. The van der Waals surface area contributed by atoms with E-state index in [2.05, 4.69) is 16.0 Å². The highest BCUT2D eigenvalue weighted by Crippen LogP contribution is 2.19. The van der Waals surface area contributed by atoms with Crippen LogP contribution in [0.3, 0.4) is 0 Å². The average molecular weight is 313 g/mol. The average Bonchev–Trinajstić information content (AvgIpc) is 2.43. The number of hydrogen-bond acceptors (Lipinski definition) is 2. The molecule has 8 heteroatoms. The fourth-order valence-corrected chi connectivity index (χ4v) is 2.49. The van der Waals surface area contributed by atoms with Crippen LogP contribution in [0.5, 0.6) is 0 Å². The van der Waals surface area contributed by atoms with Gasteiger partial charge < -0.3 is 21.1 Å². The van der Waals surface area contributed by atoms with E-state index in [4.69, 9.17) is 5.11 Å².